The van der Waals surface area contributed by atoms with E-state index in [1.165, 1.54) is 0 Å². The second-order valence-electron chi connectivity index (χ2n) is 4.33. The molecule has 1 atom stereocenters. The van der Waals surface area contributed by atoms with Crippen LogP contribution >= 0.6 is 0 Å². The Kier molecular flexibility index (Phi) is 4.39. The zero-order chi connectivity index (χ0) is 14.5. The molecule has 1 aliphatic rings. The molecule has 0 aromatic heterocycles. The highest BCUT2D eigenvalue weighted by molar-refractivity contribution is 5.70. The van der Waals surface area contributed by atoms with Crippen molar-refractivity contribution >= 4 is 5.97 Å². The van der Waals surface area contributed by atoms with E-state index in [1.807, 2.05) is 0 Å². The van der Waals surface area contributed by atoms with Gasteiger partial charge in [0.1, 0.15) is 0 Å². The van der Waals surface area contributed by atoms with Crippen LogP contribution in [0.3, 0.4) is 0 Å². The highest BCUT2D eigenvalue weighted by atomic mass is 16.7. The Morgan fingerprint density at radius 2 is 2.20 bits per heavy atom. The van der Waals surface area contributed by atoms with Gasteiger partial charge in [0.05, 0.1) is 18.9 Å². The number of hydrogen-bond acceptors (Lipinski definition) is 6. The summed E-state index contributed by atoms with van der Waals surface area (Å²) >= 11 is 0. The van der Waals surface area contributed by atoms with Crippen LogP contribution in [0, 0.1) is 10.1 Å². The van der Waals surface area contributed by atoms with Crippen LogP contribution in [0.4, 0.5) is 0 Å². The summed E-state index contributed by atoms with van der Waals surface area (Å²) in [7, 11) is 0. The number of hydrogen-bond donors (Lipinski definition) is 0. The van der Waals surface area contributed by atoms with E-state index in [4.69, 9.17) is 14.2 Å². The third-order valence-electron chi connectivity index (χ3n) is 2.96. The minimum atomic E-state index is -0.543. The van der Waals surface area contributed by atoms with Gasteiger partial charge in [-0.05, 0) is 24.6 Å². The number of benzene rings is 1. The molecule has 1 heterocycles. The van der Waals surface area contributed by atoms with E-state index in [0.29, 0.717) is 17.1 Å². The number of carbonyl (C=O) groups is 1. The van der Waals surface area contributed by atoms with Gasteiger partial charge in [0.15, 0.2) is 11.5 Å². The molecule has 7 nitrogen and oxygen atoms in total. The monoisotopic (exact) mass is 281 g/mol. The number of ether oxygens (including phenoxy) is 3. The lowest BCUT2D eigenvalue weighted by molar-refractivity contribution is -0.483. The Hall–Kier alpha value is -2.31. The van der Waals surface area contributed by atoms with Crippen LogP contribution in [0.2, 0.25) is 0 Å². The minimum absolute atomic E-state index is 0.0333. The highest BCUT2D eigenvalue weighted by Crippen LogP contribution is 2.35. The van der Waals surface area contributed by atoms with Gasteiger partial charge in [-0.3, -0.25) is 14.9 Å². The number of nitro groups is 1. The standard InChI is InChI=1S/C13H15NO6/c1-2-18-13(15)6-10(7-14(16)17)9-3-4-11-12(5-9)20-8-19-11/h3-5,10H,2,6-8H2,1H3. The summed E-state index contributed by atoms with van der Waals surface area (Å²) in [4.78, 5) is 21.9. The number of nitrogens with zero attached hydrogens (tertiary/aromatic N) is 1. The van der Waals surface area contributed by atoms with Crippen molar-refractivity contribution in [3.05, 3.63) is 33.9 Å². The maximum absolute atomic E-state index is 11.5. The zero-order valence-electron chi connectivity index (χ0n) is 11.0. The molecule has 0 saturated heterocycles. The summed E-state index contributed by atoms with van der Waals surface area (Å²) in [6.45, 7) is 1.75. The second-order valence-corrected chi connectivity index (χ2v) is 4.33. The van der Waals surface area contributed by atoms with Crippen LogP contribution in [-0.2, 0) is 9.53 Å². The van der Waals surface area contributed by atoms with Gasteiger partial charge < -0.3 is 14.2 Å². The number of carbonyl (C=O) groups excluding carboxylic acids is 1. The van der Waals surface area contributed by atoms with Gasteiger partial charge in [-0.25, -0.2) is 0 Å². The first-order chi connectivity index (χ1) is 9.60. The van der Waals surface area contributed by atoms with Crippen molar-refractivity contribution in [2.75, 3.05) is 19.9 Å². The molecular weight excluding hydrogens is 266 g/mol. The Balaban J connectivity index is 2.17. The summed E-state index contributed by atoms with van der Waals surface area (Å²) < 4.78 is 15.3. The van der Waals surface area contributed by atoms with Crippen molar-refractivity contribution in [1.82, 2.24) is 0 Å². The van der Waals surface area contributed by atoms with Crippen LogP contribution in [0.1, 0.15) is 24.8 Å². The molecule has 0 bridgehead atoms. The normalized spacial score (nSPS) is 13.8. The van der Waals surface area contributed by atoms with E-state index >= 15 is 0 Å². The largest absolute Gasteiger partial charge is 0.466 e. The average molecular weight is 281 g/mol. The number of esters is 1. The topological polar surface area (TPSA) is 87.9 Å². The Morgan fingerprint density at radius 1 is 1.45 bits per heavy atom. The molecule has 0 aliphatic carbocycles. The SMILES string of the molecule is CCOC(=O)CC(C[N+](=O)[O-])c1ccc2c(c1)OCO2. The summed E-state index contributed by atoms with van der Waals surface area (Å²) in [5.41, 5.74) is 0.666. The van der Waals surface area contributed by atoms with Gasteiger partial charge in [-0.15, -0.1) is 0 Å². The molecule has 7 heteroatoms. The number of fused-ring (bicyclic) bond motifs is 1. The summed E-state index contributed by atoms with van der Waals surface area (Å²) in [6, 6.07) is 5.08. The molecule has 0 amide bonds. The first-order valence-electron chi connectivity index (χ1n) is 6.27. The van der Waals surface area contributed by atoms with Crippen molar-refractivity contribution < 1.29 is 23.9 Å². The van der Waals surface area contributed by atoms with E-state index in [1.54, 1.807) is 25.1 Å². The second kappa shape index (κ2) is 6.23. The first kappa shape index (κ1) is 14.1. The fourth-order valence-electron chi connectivity index (χ4n) is 2.06. The fourth-order valence-corrected chi connectivity index (χ4v) is 2.06. The van der Waals surface area contributed by atoms with Crippen molar-refractivity contribution in [3.63, 3.8) is 0 Å². The summed E-state index contributed by atoms with van der Waals surface area (Å²) in [6.07, 6.45) is -0.0333. The van der Waals surface area contributed by atoms with Gasteiger partial charge in [-0.2, -0.15) is 0 Å². The maximum Gasteiger partial charge on any atom is 0.306 e. The van der Waals surface area contributed by atoms with E-state index in [9.17, 15) is 14.9 Å². The maximum atomic E-state index is 11.5. The highest BCUT2D eigenvalue weighted by Gasteiger charge is 2.24. The lowest BCUT2D eigenvalue weighted by Gasteiger charge is -2.13. The molecule has 2 rings (SSSR count). The lowest BCUT2D eigenvalue weighted by Crippen LogP contribution is -2.18. The molecule has 1 aromatic carbocycles. The fraction of sp³-hybridized carbons (Fsp3) is 0.462. The van der Waals surface area contributed by atoms with E-state index < -0.39 is 16.8 Å². The smallest absolute Gasteiger partial charge is 0.306 e. The Morgan fingerprint density at radius 3 is 2.90 bits per heavy atom. The Labute approximate surface area is 115 Å². The van der Waals surface area contributed by atoms with Crippen molar-refractivity contribution in [2.45, 2.75) is 19.3 Å². The van der Waals surface area contributed by atoms with Crippen LogP contribution in [0.15, 0.2) is 18.2 Å². The third-order valence-corrected chi connectivity index (χ3v) is 2.96. The van der Waals surface area contributed by atoms with Crippen LogP contribution in [0.5, 0.6) is 11.5 Å². The van der Waals surface area contributed by atoms with Gasteiger partial charge in [0.2, 0.25) is 13.3 Å². The number of rotatable bonds is 6. The predicted octanol–water partition coefficient (Wildman–Crippen LogP) is 1.73. The van der Waals surface area contributed by atoms with E-state index in [-0.39, 0.29) is 26.4 Å². The summed E-state index contributed by atoms with van der Waals surface area (Å²) in [5, 5.41) is 10.8. The molecule has 108 valence electrons. The van der Waals surface area contributed by atoms with Gasteiger partial charge >= 0.3 is 5.97 Å². The Bertz CT molecular complexity index is 516. The van der Waals surface area contributed by atoms with Crippen molar-refractivity contribution in [2.24, 2.45) is 0 Å². The lowest BCUT2D eigenvalue weighted by atomic mass is 9.95. The van der Waals surface area contributed by atoms with Crippen molar-refractivity contribution in [3.8, 4) is 11.5 Å². The van der Waals surface area contributed by atoms with Gasteiger partial charge in [-0.1, -0.05) is 6.07 Å². The van der Waals surface area contributed by atoms with Crippen molar-refractivity contribution in [1.29, 1.82) is 0 Å². The average Bonchev–Trinajstić information content (AvgIpc) is 2.84. The van der Waals surface area contributed by atoms with Crippen LogP contribution in [0.25, 0.3) is 0 Å². The van der Waals surface area contributed by atoms with E-state index in [0.717, 1.165) is 0 Å². The molecule has 1 aromatic rings. The minimum Gasteiger partial charge on any atom is -0.466 e. The molecule has 20 heavy (non-hydrogen) atoms. The molecule has 0 N–H and O–H groups in total. The molecule has 0 spiro atoms. The first-order valence-corrected chi connectivity index (χ1v) is 6.27. The summed E-state index contributed by atoms with van der Waals surface area (Å²) in [5.74, 6) is 0.153. The third kappa shape index (κ3) is 3.37. The van der Waals surface area contributed by atoms with E-state index in [2.05, 4.69) is 0 Å². The van der Waals surface area contributed by atoms with Gasteiger partial charge in [0.25, 0.3) is 0 Å². The zero-order valence-corrected chi connectivity index (χ0v) is 11.0. The molecular formula is C13H15NO6. The molecule has 0 fully saturated rings. The van der Waals surface area contributed by atoms with Gasteiger partial charge in [0, 0.05) is 4.92 Å². The predicted molar refractivity (Wildman–Crippen MR) is 68.4 cm³/mol. The molecule has 1 unspecified atom stereocenters. The molecule has 0 saturated carbocycles. The van der Waals surface area contributed by atoms with Crippen LogP contribution < -0.4 is 9.47 Å². The molecule has 0 radical (unpaired) electrons. The quantitative estimate of drug-likeness (QED) is 0.448. The molecule has 1 aliphatic heterocycles. The van der Waals surface area contributed by atoms with Crippen LogP contribution in [-0.4, -0.2) is 30.8 Å².